The summed E-state index contributed by atoms with van der Waals surface area (Å²) in [7, 11) is 0. The summed E-state index contributed by atoms with van der Waals surface area (Å²) in [6, 6.07) is 0. The lowest BCUT2D eigenvalue weighted by Gasteiger charge is -2.18. The molecule has 0 N–H and O–H groups in total. The predicted molar refractivity (Wildman–Crippen MR) is 344 cm³/mol. The van der Waals surface area contributed by atoms with Gasteiger partial charge in [-0.25, -0.2) is 0 Å². The highest BCUT2D eigenvalue weighted by molar-refractivity contribution is 5.71. The number of carbonyl (C=O) groups is 3. The number of allylic oxidation sites excluding steroid dienone is 2. The zero-order chi connectivity index (χ0) is 57.1. The molecular weight excluding hydrogens is 973 g/mol. The third-order valence-corrected chi connectivity index (χ3v) is 16.8. The van der Waals surface area contributed by atoms with Crippen molar-refractivity contribution in [2.45, 2.75) is 425 Å². The second kappa shape index (κ2) is 68.6. The standard InChI is InChI=1S/C73H140O6/c1-4-7-10-13-16-19-22-25-27-29-31-33-34-35-36-37-38-39-40-41-43-44-46-48-51-54-57-60-63-66-72(75)78-69-70(68-77-71(74)65-62-59-56-53-50-24-21-18-15-12-9-6-3)79-73(76)67-64-61-58-55-52-49-47-45-42-32-30-28-26-23-20-17-14-11-8-5-2/h29,31,70H,4-28,30,32-69H2,1-3H3/b31-29-. The molecule has 0 aliphatic carbocycles. The van der Waals surface area contributed by atoms with E-state index in [9.17, 15) is 14.4 Å². The van der Waals surface area contributed by atoms with E-state index in [-0.39, 0.29) is 31.1 Å². The maximum atomic E-state index is 12.9. The Kier molecular flexibility index (Phi) is 67.0. The van der Waals surface area contributed by atoms with E-state index in [0.717, 1.165) is 57.8 Å². The molecule has 0 fully saturated rings. The largest absolute Gasteiger partial charge is 0.462 e. The molecule has 0 radical (unpaired) electrons. The second-order valence-corrected chi connectivity index (χ2v) is 24.9. The maximum Gasteiger partial charge on any atom is 0.306 e. The molecule has 0 aromatic rings. The molecule has 6 heteroatoms. The Labute approximate surface area is 494 Å². The van der Waals surface area contributed by atoms with Crippen molar-refractivity contribution < 1.29 is 28.6 Å². The minimum Gasteiger partial charge on any atom is -0.462 e. The lowest BCUT2D eigenvalue weighted by Crippen LogP contribution is -2.30. The average molecular weight is 1110 g/mol. The summed E-state index contributed by atoms with van der Waals surface area (Å²) in [5, 5.41) is 0. The minimum atomic E-state index is -0.765. The molecule has 0 aliphatic heterocycles. The normalized spacial score (nSPS) is 12.0. The first-order valence-corrected chi connectivity index (χ1v) is 36.2. The SMILES string of the molecule is CCCCCCCCCC/C=C\CCCCCCCCCCCCCCCCCCCC(=O)OCC(COC(=O)CCCCCCCCCCCCCC)OC(=O)CCCCCCCCCCCCCCCCCCCCCC. The Hall–Kier alpha value is -1.85. The molecule has 0 rings (SSSR count). The van der Waals surface area contributed by atoms with Crippen LogP contribution in [-0.2, 0) is 28.6 Å². The highest BCUT2D eigenvalue weighted by atomic mass is 16.6. The first-order chi connectivity index (χ1) is 39.0. The fraction of sp³-hybridized carbons (Fsp3) is 0.932. The van der Waals surface area contributed by atoms with E-state index in [1.54, 1.807) is 0 Å². The Morgan fingerprint density at radius 3 is 0.633 bits per heavy atom. The lowest BCUT2D eigenvalue weighted by molar-refractivity contribution is -0.167. The summed E-state index contributed by atoms with van der Waals surface area (Å²) in [6.45, 7) is 6.73. The van der Waals surface area contributed by atoms with Crippen LogP contribution in [0.15, 0.2) is 12.2 Å². The second-order valence-electron chi connectivity index (χ2n) is 24.9. The summed E-state index contributed by atoms with van der Waals surface area (Å²) in [4.78, 5) is 38.4. The Balaban J connectivity index is 4.13. The molecule has 79 heavy (non-hydrogen) atoms. The van der Waals surface area contributed by atoms with Crippen LogP contribution in [0.3, 0.4) is 0 Å². The van der Waals surface area contributed by atoms with Gasteiger partial charge in [0.1, 0.15) is 13.2 Å². The van der Waals surface area contributed by atoms with Gasteiger partial charge in [0, 0.05) is 19.3 Å². The fourth-order valence-electron chi connectivity index (χ4n) is 11.3. The van der Waals surface area contributed by atoms with Crippen LogP contribution < -0.4 is 0 Å². The lowest BCUT2D eigenvalue weighted by atomic mass is 10.0. The number of hydrogen-bond donors (Lipinski definition) is 0. The van der Waals surface area contributed by atoms with Crippen molar-refractivity contribution in [3.8, 4) is 0 Å². The van der Waals surface area contributed by atoms with Crippen molar-refractivity contribution in [2.75, 3.05) is 13.2 Å². The van der Waals surface area contributed by atoms with Crippen LogP contribution in [0.4, 0.5) is 0 Å². The molecule has 0 aliphatic rings. The van der Waals surface area contributed by atoms with Crippen molar-refractivity contribution in [1.29, 1.82) is 0 Å². The molecule has 0 amide bonds. The molecule has 0 heterocycles. The van der Waals surface area contributed by atoms with Crippen LogP contribution in [0.25, 0.3) is 0 Å². The maximum absolute atomic E-state index is 12.9. The van der Waals surface area contributed by atoms with Gasteiger partial charge in [0.2, 0.25) is 0 Å². The van der Waals surface area contributed by atoms with Crippen molar-refractivity contribution in [3.63, 3.8) is 0 Å². The molecule has 1 atom stereocenters. The minimum absolute atomic E-state index is 0.0621. The van der Waals surface area contributed by atoms with Gasteiger partial charge in [-0.2, -0.15) is 0 Å². The molecular formula is C73H140O6. The van der Waals surface area contributed by atoms with E-state index in [2.05, 4.69) is 32.9 Å². The first-order valence-electron chi connectivity index (χ1n) is 36.2. The first kappa shape index (κ1) is 77.2. The summed E-state index contributed by atoms with van der Waals surface area (Å²) in [5.74, 6) is -0.825. The van der Waals surface area contributed by atoms with Crippen LogP contribution in [-0.4, -0.2) is 37.2 Å². The van der Waals surface area contributed by atoms with E-state index < -0.39 is 6.10 Å². The van der Waals surface area contributed by atoms with E-state index >= 15 is 0 Å². The van der Waals surface area contributed by atoms with Gasteiger partial charge in [0.25, 0.3) is 0 Å². The zero-order valence-corrected chi connectivity index (χ0v) is 53.9. The summed E-state index contributed by atoms with van der Waals surface area (Å²) in [5.41, 5.74) is 0. The van der Waals surface area contributed by atoms with Gasteiger partial charge in [0.05, 0.1) is 0 Å². The Morgan fingerprint density at radius 2 is 0.418 bits per heavy atom. The summed E-state index contributed by atoms with van der Waals surface area (Å²) >= 11 is 0. The van der Waals surface area contributed by atoms with Crippen molar-refractivity contribution in [2.24, 2.45) is 0 Å². The highest BCUT2D eigenvalue weighted by Gasteiger charge is 2.20. The predicted octanol–water partition coefficient (Wildman–Crippen LogP) is 24.8. The Morgan fingerprint density at radius 1 is 0.241 bits per heavy atom. The molecule has 0 aromatic carbocycles. The number of hydrogen-bond acceptors (Lipinski definition) is 6. The quantitative estimate of drug-likeness (QED) is 0.0261. The van der Waals surface area contributed by atoms with Gasteiger partial charge >= 0.3 is 17.9 Å². The molecule has 1 unspecified atom stereocenters. The van der Waals surface area contributed by atoms with Crippen molar-refractivity contribution >= 4 is 17.9 Å². The van der Waals surface area contributed by atoms with E-state index in [1.807, 2.05) is 0 Å². The molecule has 0 spiro atoms. The fourth-order valence-corrected chi connectivity index (χ4v) is 11.3. The highest BCUT2D eigenvalue weighted by Crippen LogP contribution is 2.19. The van der Waals surface area contributed by atoms with E-state index in [1.165, 1.54) is 321 Å². The molecule has 468 valence electrons. The summed E-state index contributed by atoms with van der Waals surface area (Å²) < 4.78 is 17.0. The third-order valence-electron chi connectivity index (χ3n) is 16.8. The van der Waals surface area contributed by atoms with Crippen LogP contribution in [0.5, 0.6) is 0 Å². The topological polar surface area (TPSA) is 78.9 Å². The number of unbranched alkanes of at least 4 members (excludes halogenated alkanes) is 55. The average Bonchev–Trinajstić information content (AvgIpc) is 3.45. The van der Waals surface area contributed by atoms with Crippen molar-refractivity contribution in [3.05, 3.63) is 12.2 Å². The van der Waals surface area contributed by atoms with Crippen LogP contribution in [0.1, 0.15) is 419 Å². The van der Waals surface area contributed by atoms with Gasteiger partial charge in [0.15, 0.2) is 6.10 Å². The number of carbonyl (C=O) groups excluding carboxylic acids is 3. The van der Waals surface area contributed by atoms with E-state index in [0.29, 0.717) is 19.3 Å². The summed E-state index contributed by atoms with van der Waals surface area (Å²) in [6.07, 6.45) is 82.5. The smallest absolute Gasteiger partial charge is 0.306 e. The van der Waals surface area contributed by atoms with Crippen LogP contribution >= 0.6 is 0 Å². The molecule has 6 nitrogen and oxygen atoms in total. The molecule has 0 saturated carbocycles. The number of ether oxygens (including phenoxy) is 3. The Bertz CT molecular complexity index is 1230. The molecule has 0 aromatic heterocycles. The molecule has 0 saturated heterocycles. The third kappa shape index (κ3) is 66.8. The van der Waals surface area contributed by atoms with Gasteiger partial charge in [-0.3, -0.25) is 14.4 Å². The van der Waals surface area contributed by atoms with Gasteiger partial charge < -0.3 is 14.2 Å². The van der Waals surface area contributed by atoms with Gasteiger partial charge in [-0.15, -0.1) is 0 Å². The van der Waals surface area contributed by atoms with Gasteiger partial charge in [-0.1, -0.05) is 367 Å². The molecule has 0 bridgehead atoms. The number of rotatable bonds is 68. The number of esters is 3. The van der Waals surface area contributed by atoms with Crippen LogP contribution in [0.2, 0.25) is 0 Å². The van der Waals surface area contributed by atoms with E-state index in [4.69, 9.17) is 14.2 Å². The van der Waals surface area contributed by atoms with Gasteiger partial charge in [-0.05, 0) is 44.9 Å². The van der Waals surface area contributed by atoms with Crippen LogP contribution in [0, 0.1) is 0 Å². The van der Waals surface area contributed by atoms with Crippen molar-refractivity contribution in [1.82, 2.24) is 0 Å². The zero-order valence-electron chi connectivity index (χ0n) is 53.9. The monoisotopic (exact) mass is 1110 g/mol.